The number of nitrogens with zero attached hydrogens (tertiary/aromatic N) is 1. The van der Waals surface area contributed by atoms with Crippen LogP contribution in [-0.2, 0) is 11.3 Å². The molecule has 1 aromatic carbocycles. The maximum atomic E-state index is 12.0. The zero-order valence-electron chi connectivity index (χ0n) is 12.3. The van der Waals surface area contributed by atoms with Crippen molar-refractivity contribution >= 4 is 5.91 Å². The molecule has 6 heteroatoms. The van der Waals surface area contributed by atoms with Crippen molar-refractivity contribution < 1.29 is 18.7 Å². The lowest BCUT2D eigenvalue weighted by molar-refractivity contribution is -0.127. The predicted octanol–water partition coefficient (Wildman–Crippen LogP) is 2.24. The van der Waals surface area contributed by atoms with Crippen LogP contribution in [0.3, 0.4) is 0 Å². The number of nitrogens with one attached hydrogen (secondary N) is 1. The van der Waals surface area contributed by atoms with Crippen LogP contribution < -0.4 is 14.8 Å². The Kier molecular flexibility index (Phi) is 5.04. The highest BCUT2D eigenvalue weighted by Crippen LogP contribution is 2.28. The van der Waals surface area contributed by atoms with Crippen LogP contribution in [0.1, 0.15) is 18.2 Å². The van der Waals surface area contributed by atoms with Gasteiger partial charge in [0.15, 0.2) is 17.6 Å². The van der Waals surface area contributed by atoms with Gasteiger partial charge in [-0.05, 0) is 31.2 Å². The number of furan rings is 1. The summed E-state index contributed by atoms with van der Waals surface area (Å²) in [4.78, 5) is 12.0. The van der Waals surface area contributed by atoms with Crippen LogP contribution in [0.15, 0.2) is 41.0 Å². The summed E-state index contributed by atoms with van der Waals surface area (Å²) in [6, 6.07) is 10.3. The van der Waals surface area contributed by atoms with Gasteiger partial charge in [-0.25, -0.2) is 0 Å². The molecule has 0 bridgehead atoms. The zero-order chi connectivity index (χ0) is 15.9. The second-order valence-corrected chi connectivity index (χ2v) is 4.53. The van der Waals surface area contributed by atoms with Crippen molar-refractivity contribution in [1.82, 2.24) is 5.32 Å². The standard InChI is InChI=1S/C16H16N2O4/c1-11(16(19)18-10-13-4-3-7-21-13)22-14-6-5-12(9-17)8-15(14)20-2/h3-8,11H,10H2,1-2H3,(H,18,19)/t11-/m0/s1. The molecule has 0 fully saturated rings. The minimum absolute atomic E-state index is 0.275. The quantitative estimate of drug-likeness (QED) is 0.884. The van der Waals surface area contributed by atoms with Crippen molar-refractivity contribution in [3.8, 4) is 17.6 Å². The van der Waals surface area contributed by atoms with Gasteiger partial charge in [0.1, 0.15) is 5.76 Å². The summed E-state index contributed by atoms with van der Waals surface area (Å²) in [5, 5.41) is 11.6. The molecule has 1 aromatic heterocycles. The van der Waals surface area contributed by atoms with Crippen molar-refractivity contribution in [1.29, 1.82) is 5.26 Å². The molecule has 1 N–H and O–H groups in total. The Balaban J connectivity index is 1.97. The number of ether oxygens (including phenoxy) is 2. The first-order valence-electron chi connectivity index (χ1n) is 6.69. The molecule has 0 aliphatic carbocycles. The third-order valence-corrected chi connectivity index (χ3v) is 2.98. The van der Waals surface area contributed by atoms with E-state index < -0.39 is 6.10 Å². The number of benzene rings is 1. The topological polar surface area (TPSA) is 84.5 Å². The Bertz CT molecular complexity index is 674. The molecule has 1 amide bonds. The van der Waals surface area contributed by atoms with Gasteiger partial charge in [-0.3, -0.25) is 4.79 Å². The van der Waals surface area contributed by atoms with Gasteiger partial charge in [0.2, 0.25) is 0 Å². The van der Waals surface area contributed by atoms with Crippen LogP contribution in [0.4, 0.5) is 0 Å². The predicted molar refractivity (Wildman–Crippen MR) is 78.4 cm³/mol. The van der Waals surface area contributed by atoms with Crippen LogP contribution in [0, 0.1) is 11.3 Å². The molecule has 2 aromatic rings. The Morgan fingerprint density at radius 3 is 2.86 bits per heavy atom. The fraction of sp³-hybridized carbons (Fsp3) is 0.250. The number of carbonyl (C=O) groups is 1. The zero-order valence-corrected chi connectivity index (χ0v) is 12.3. The lowest BCUT2D eigenvalue weighted by Crippen LogP contribution is -2.35. The molecule has 0 spiro atoms. The molecule has 1 atom stereocenters. The van der Waals surface area contributed by atoms with Crippen LogP contribution >= 0.6 is 0 Å². The lowest BCUT2D eigenvalue weighted by atomic mass is 10.2. The number of nitriles is 1. The summed E-state index contributed by atoms with van der Waals surface area (Å²) in [7, 11) is 1.48. The van der Waals surface area contributed by atoms with Crippen LogP contribution in [0.5, 0.6) is 11.5 Å². The molecular weight excluding hydrogens is 284 g/mol. The Hall–Kier alpha value is -2.94. The minimum atomic E-state index is -0.711. The average molecular weight is 300 g/mol. The summed E-state index contributed by atoms with van der Waals surface area (Å²) >= 11 is 0. The second-order valence-electron chi connectivity index (χ2n) is 4.53. The Labute approximate surface area is 128 Å². The summed E-state index contributed by atoms with van der Waals surface area (Å²) in [5.74, 6) is 1.20. The maximum Gasteiger partial charge on any atom is 0.261 e. The van der Waals surface area contributed by atoms with Gasteiger partial charge < -0.3 is 19.2 Å². The summed E-state index contributed by atoms with van der Waals surface area (Å²) in [5.41, 5.74) is 0.458. The number of methoxy groups -OCH3 is 1. The Morgan fingerprint density at radius 1 is 1.41 bits per heavy atom. The SMILES string of the molecule is COc1cc(C#N)ccc1O[C@@H](C)C(=O)NCc1ccco1. The molecule has 1 heterocycles. The fourth-order valence-corrected chi connectivity index (χ4v) is 1.81. The average Bonchev–Trinajstić information content (AvgIpc) is 3.06. The molecule has 6 nitrogen and oxygen atoms in total. The van der Waals surface area contributed by atoms with Gasteiger partial charge in [0.05, 0.1) is 31.6 Å². The third-order valence-electron chi connectivity index (χ3n) is 2.98. The van der Waals surface area contributed by atoms with E-state index in [0.717, 1.165) is 0 Å². The van der Waals surface area contributed by atoms with E-state index in [1.54, 1.807) is 43.5 Å². The number of hydrogen-bond acceptors (Lipinski definition) is 5. The highest BCUT2D eigenvalue weighted by Gasteiger charge is 2.17. The van der Waals surface area contributed by atoms with Gasteiger partial charge in [-0.2, -0.15) is 5.26 Å². The van der Waals surface area contributed by atoms with Crippen molar-refractivity contribution in [3.05, 3.63) is 47.9 Å². The van der Waals surface area contributed by atoms with Gasteiger partial charge in [-0.15, -0.1) is 0 Å². The van der Waals surface area contributed by atoms with Crippen LogP contribution in [0.25, 0.3) is 0 Å². The smallest absolute Gasteiger partial charge is 0.261 e. The highest BCUT2D eigenvalue weighted by atomic mass is 16.5. The van der Waals surface area contributed by atoms with E-state index in [9.17, 15) is 4.79 Å². The minimum Gasteiger partial charge on any atom is -0.493 e. The van der Waals surface area contributed by atoms with E-state index >= 15 is 0 Å². The Morgan fingerprint density at radius 2 is 2.23 bits per heavy atom. The van der Waals surface area contributed by atoms with Gasteiger partial charge in [-0.1, -0.05) is 0 Å². The molecule has 22 heavy (non-hydrogen) atoms. The van der Waals surface area contributed by atoms with Crippen LogP contribution in [-0.4, -0.2) is 19.1 Å². The van der Waals surface area contributed by atoms with Gasteiger partial charge in [0.25, 0.3) is 5.91 Å². The van der Waals surface area contributed by atoms with E-state index in [-0.39, 0.29) is 5.91 Å². The molecular formula is C16H16N2O4. The lowest BCUT2D eigenvalue weighted by Gasteiger charge is -2.16. The monoisotopic (exact) mass is 300 g/mol. The number of rotatable bonds is 6. The molecule has 0 aliphatic heterocycles. The largest absolute Gasteiger partial charge is 0.493 e. The van der Waals surface area contributed by atoms with Crippen molar-refractivity contribution in [2.45, 2.75) is 19.6 Å². The first-order valence-corrected chi connectivity index (χ1v) is 6.69. The van der Waals surface area contributed by atoms with Crippen LogP contribution in [0.2, 0.25) is 0 Å². The molecule has 0 unspecified atom stereocenters. The first-order chi connectivity index (χ1) is 10.6. The molecule has 0 saturated heterocycles. The third kappa shape index (κ3) is 3.79. The number of carbonyl (C=O) groups excluding carboxylic acids is 1. The normalized spacial score (nSPS) is 11.3. The maximum absolute atomic E-state index is 12.0. The van der Waals surface area contributed by atoms with E-state index in [0.29, 0.717) is 29.4 Å². The van der Waals surface area contributed by atoms with Crippen molar-refractivity contribution in [2.24, 2.45) is 0 Å². The van der Waals surface area contributed by atoms with E-state index in [1.165, 1.54) is 7.11 Å². The summed E-state index contributed by atoms with van der Waals surface area (Å²) in [6.45, 7) is 1.93. The fourth-order valence-electron chi connectivity index (χ4n) is 1.81. The van der Waals surface area contributed by atoms with Gasteiger partial charge >= 0.3 is 0 Å². The van der Waals surface area contributed by atoms with E-state index in [2.05, 4.69) is 5.32 Å². The van der Waals surface area contributed by atoms with Crippen molar-refractivity contribution in [3.63, 3.8) is 0 Å². The number of amides is 1. The summed E-state index contributed by atoms with van der Waals surface area (Å²) < 4.78 is 15.9. The molecule has 0 aliphatic rings. The van der Waals surface area contributed by atoms with Gasteiger partial charge in [0, 0.05) is 6.07 Å². The van der Waals surface area contributed by atoms with E-state index in [4.69, 9.17) is 19.2 Å². The second kappa shape index (κ2) is 7.18. The molecule has 0 saturated carbocycles. The highest BCUT2D eigenvalue weighted by molar-refractivity contribution is 5.80. The summed E-state index contributed by atoms with van der Waals surface area (Å²) in [6.07, 6.45) is 0.833. The van der Waals surface area contributed by atoms with E-state index in [1.807, 2.05) is 6.07 Å². The number of hydrogen-bond donors (Lipinski definition) is 1. The first kappa shape index (κ1) is 15.4. The molecule has 2 rings (SSSR count). The molecule has 0 radical (unpaired) electrons. The molecule has 114 valence electrons. The van der Waals surface area contributed by atoms with Crippen molar-refractivity contribution in [2.75, 3.05) is 7.11 Å².